The van der Waals surface area contributed by atoms with E-state index in [1.807, 2.05) is 42.5 Å². The van der Waals surface area contributed by atoms with Crippen LogP contribution in [0.25, 0.3) is 11.1 Å². The molecule has 0 heterocycles. The molecule has 7 nitrogen and oxygen atoms in total. The van der Waals surface area contributed by atoms with Gasteiger partial charge >= 0.3 is 12.1 Å². The normalized spacial score (nSPS) is 11.4. The molecule has 0 radical (unpaired) electrons. The van der Waals surface area contributed by atoms with Gasteiger partial charge in [-0.3, -0.25) is 9.59 Å². The highest BCUT2D eigenvalue weighted by Gasteiger charge is 2.17. The molecule has 154 valence electrons. The van der Waals surface area contributed by atoms with Crippen LogP contribution >= 0.6 is 11.6 Å². The Balaban J connectivity index is 1.99. The second-order valence-corrected chi connectivity index (χ2v) is 6.78. The van der Waals surface area contributed by atoms with Gasteiger partial charge in [-0.2, -0.15) is 0 Å². The summed E-state index contributed by atoms with van der Waals surface area (Å²) in [4.78, 5) is 34.4. The summed E-state index contributed by atoms with van der Waals surface area (Å²) >= 11 is 6.02. The molecule has 0 saturated heterocycles. The van der Waals surface area contributed by atoms with Crippen LogP contribution in [0, 0.1) is 0 Å². The van der Waals surface area contributed by atoms with E-state index in [1.165, 1.54) is 0 Å². The molecule has 2 aromatic rings. The highest BCUT2D eigenvalue weighted by atomic mass is 35.5. The topological polar surface area (TPSA) is 105 Å². The fraction of sp³-hybridized carbons (Fsp3) is 0.286. The molecule has 29 heavy (non-hydrogen) atoms. The number of carboxylic acids is 1. The van der Waals surface area contributed by atoms with E-state index in [-0.39, 0.29) is 19.6 Å². The lowest BCUT2D eigenvalue weighted by Crippen LogP contribution is -2.43. The maximum absolute atomic E-state index is 12.0. The summed E-state index contributed by atoms with van der Waals surface area (Å²) in [7, 11) is 0. The van der Waals surface area contributed by atoms with Crippen LogP contribution in [0.5, 0.6) is 0 Å². The number of benzene rings is 2. The Morgan fingerprint density at radius 1 is 1.10 bits per heavy atom. The van der Waals surface area contributed by atoms with Crippen molar-refractivity contribution in [2.75, 3.05) is 13.2 Å². The minimum Gasteiger partial charge on any atom is -0.481 e. The number of hydrogen-bond acceptors (Lipinski definition) is 4. The molecule has 0 spiro atoms. The second kappa shape index (κ2) is 11.1. The molecule has 2 aromatic carbocycles. The molecule has 0 aliphatic heterocycles. The summed E-state index contributed by atoms with van der Waals surface area (Å²) in [5, 5.41) is 14.7. The van der Waals surface area contributed by atoms with Crippen LogP contribution in [-0.2, 0) is 20.7 Å². The third-order valence-electron chi connectivity index (χ3n) is 4.05. The smallest absolute Gasteiger partial charge is 0.407 e. The van der Waals surface area contributed by atoms with E-state index in [0.717, 1.165) is 16.7 Å². The van der Waals surface area contributed by atoms with Crippen molar-refractivity contribution in [3.8, 4) is 11.1 Å². The number of ether oxygens (including phenoxy) is 1. The molecule has 1 atom stereocenters. The summed E-state index contributed by atoms with van der Waals surface area (Å²) in [5.41, 5.74) is 2.83. The molecule has 0 saturated carbocycles. The number of halogens is 1. The predicted octanol–water partition coefficient (Wildman–Crippen LogP) is 3.26. The van der Waals surface area contributed by atoms with Gasteiger partial charge in [0.25, 0.3) is 0 Å². The van der Waals surface area contributed by atoms with Gasteiger partial charge in [0.1, 0.15) is 6.54 Å². The van der Waals surface area contributed by atoms with Crippen molar-refractivity contribution in [2.45, 2.75) is 25.8 Å². The minimum atomic E-state index is -1.02. The zero-order valence-corrected chi connectivity index (χ0v) is 16.7. The first-order chi connectivity index (χ1) is 13.9. The highest BCUT2D eigenvalue weighted by molar-refractivity contribution is 6.30. The fourth-order valence-electron chi connectivity index (χ4n) is 2.78. The summed E-state index contributed by atoms with van der Waals surface area (Å²) in [6.07, 6.45) is -0.594. The van der Waals surface area contributed by atoms with Crippen LogP contribution in [-0.4, -0.2) is 42.3 Å². The van der Waals surface area contributed by atoms with E-state index in [9.17, 15) is 14.4 Å². The molecule has 0 aromatic heterocycles. The maximum Gasteiger partial charge on any atom is 0.407 e. The number of carboxylic acid groups (broad SMARTS) is 1. The Kier molecular flexibility index (Phi) is 8.48. The van der Waals surface area contributed by atoms with E-state index < -0.39 is 24.0 Å². The Morgan fingerprint density at radius 2 is 1.83 bits per heavy atom. The van der Waals surface area contributed by atoms with Gasteiger partial charge < -0.3 is 20.5 Å². The van der Waals surface area contributed by atoms with Crippen LogP contribution in [0.15, 0.2) is 48.5 Å². The molecule has 0 aliphatic carbocycles. The first-order valence-corrected chi connectivity index (χ1v) is 9.51. The molecule has 8 heteroatoms. The molecule has 2 amide bonds. The predicted molar refractivity (Wildman–Crippen MR) is 110 cm³/mol. The van der Waals surface area contributed by atoms with Gasteiger partial charge in [-0.05, 0) is 42.2 Å². The number of alkyl carbamates (subject to hydrolysis) is 1. The Morgan fingerprint density at radius 3 is 2.45 bits per heavy atom. The van der Waals surface area contributed by atoms with Crippen molar-refractivity contribution in [2.24, 2.45) is 0 Å². The summed E-state index contributed by atoms with van der Waals surface area (Å²) in [6, 6.07) is 14.5. The molecule has 0 aliphatic rings. The average molecular weight is 419 g/mol. The lowest BCUT2D eigenvalue weighted by molar-refractivity contribution is -0.137. The van der Waals surface area contributed by atoms with Crippen molar-refractivity contribution < 1.29 is 24.2 Å². The van der Waals surface area contributed by atoms with Crippen LogP contribution in [0.2, 0.25) is 5.02 Å². The number of rotatable bonds is 9. The minimum absolute atomic E-state index is 0.195. The molecule has 0 unspecified atom stereocenters. The highest BCUT2D eigenvalue weighted by Crippen LogP contribution is 2.23. The van der Waals surface area contributed by atoms with Crippen molar-refractivity contribution in [3.63, 3.8) is 0 Å². The third-order valence-corrected chi connectivity index (χ3v) is 4.28. The van der Waals surface area contributed by atoms with Gasteiger partial charge in [0.05, 0.1) is 13.0 Å². The molecule has 0 bridgehead atoms. The molecule has 2 rings (SSSR count). The molecule has 3 N–H and O–H groups in total. The SMILES string of the molecule is CCOC(=O)NCC(=O)N[C@@H](CC(=O)O)Cc1ccc(-c2cccc(Cl)c2)cc1. The Hall–Kier alpha value is -3.06. The zero-order valence-electron chi connectivity index (χ0n) is 16.0. The van der Waals surface area contributed by atoms with Crippen molar-refractivity contribution in [1.29, 1.82) is 0 Å². The van der Waals surface area contributed by atoms with E-state index in [2.05, 4.69) is 15.4 Å². The number of carbonyl (C=O) groups excluding carboxylic acids is 2. The zero-order chi connectivity index (χ0) is 21.2. The van der Waals surface area contributed by atoms with E-state index in [4.69, 9.17) is 16.7 Å². The van der Waals surface area contributed by atoms with Crippen molar-refractivity contribution in [1.82, 2.24) is 10.6 Å². The fourth-order valence-corrected chi connectivity index (χ4v) is 2.97. The van der Waals surface area contributed by atoms with E-state index in [0.29, 0.717) is 11.4 Å². The van der Waals surface area contributed by atoms with Gasteiger partial charge in [-0.1, -0.05) is 48.0 Å². The van der Waals surface area contributed by atoms with Gasteiger partial charge in [0.2, 0.25) is 5.91 Å². The van der Waals surface area contributed by atoms with Crippen LogP contribution in [0.4, 0.5) is 4.79 Å². The standard InChI is InChI=1S/C21H23ClN2O5/c1-2-29-21(28)23-13-19(25)24-18(12-20(26)27)10-14-6-8-15(9-7-14)16-4-3-5-17(22)11-16/h3-9,11,18H,2,10,12-13H2,1H3,(H,23,28)(H,24,25)(H,26,27)/t18-/m1/s1. The Labute approximate surface area is 174 Å². The average Bonchev–Trinajstić information content (AvgIpc) is 2.67. The third kappa shape index (κ3) is 7.83. The maximum atomic E-state index is 12.0. The van der Waals surface area contributed by atoms with Crippen LogP contribution in [0.1, 0.15) is 18.9 Å². The number of aliphatic carboxylic acids is 1. The first kappa shape index (κ1) is 22.2. The van der Waals surface area contributed by atoms with Gasteiger partial charge in [-0.15, -0.1) is 0 Å². The monoisotopic (exact) mass is 418 g/mol. The first-order valence-electron chi connectivity index (χ1n) is 9.14. The molecular formula is C21H23ClN2O5. The van der Waals surface area contributed by atoms with Gasteiger partial charge in [0.15, 0.2) is 0 Å². The van der Waals surface area contributed by atoms with Crippen molar-refractivity contribution in [3.05, 3.63) is 59.1 Å². The van der Waals surface area contributed by atoms with Gasteiger partial charge in [-0.25, -0.2) is 4.79 Å². The number of amides is 2. The number of carbonyl (C=O) groups is 3. The lowest BCUT2D eigenvalue weighted by atomic mass is 9.99. The summed E-state index contributed by atoms with van der Waals surface area (Å²) in [6.45, 7) is 1.56. The van der Waals surface area contributed by atoms with E-state index in [1.54, 1.807) is 13.0 Å². The second-order valence-electron chi connectivity index (χ2n) is 6.35. The molecular weight excluding hydrogens is 396 g/mol. The largest absolute Gasteiger partial charge is 0.481 e. The van der Waals surface area contributed by atoms with Crippen LogP contribution in [0.3, 0.4) is 0 Å². The lowest BCUT2D eigenvalue weighted by Gasteiger charge is -2.17. The molecule has 0 fully saturated rings. The van der Waals surface area contributed by atoms with E-state index >= 15 is 0 Å². The summed E-state index contributed by atoms with van der Waals surface area (Å²) in [5.74, 6) is -1.51. The number of nitrogens with one attached hydrogen (secondary N) is 2. The van der Waals surface area contributed by atoms with Crippen molar-refractivity contribution >= 4 is 29.6 Å². The quantitative estimate of drug-likeness (QED) is 0.579. The number of hydrogen-bond donors (Lipinski definition) is 3. The van der Waals surface area contributed by atoms with Crippen LogP contribution < -0.4 is 10.6 Å². The van der Waals surface area contributed by atoms with Gasteiger partial charge in [0, 0.05) is 11.1 Å². The Bertz CT molecular complexity index is 854. The summed E-state index contributed by atoms with van der Waals surface area (Å²) < 4.78 is 4.68.